The van der Waals surface area contributed by atoms with E-state index >= 15 is 0 Å². The van der Waals surface area contributed by atoms with E-state index in [1.165, 1.54) is 15.2 Å². The summed E-state index contributed by atoms with van der Waals surface area (Å²) in [4.78, 5) is 3.81. The molecule has 1 aliphatic rings. The van der Waals surface area contributed by atoms with Crippen LogP contribution in [0.2, 0.25) is 0 Å². The first-order chi connectivity index (χ1) is 7.48. The van der Waals surface area contributed by atoms with Gasteiger partial charge in [-0.2, -0.15) is 4.31 Å². The van der Waals surface area contributed by atoms with Crippen LogP contribution < -0.4 is 5.73 Å². The fourth-order valence-corrected chi connectivity index (χ4v) is 3.74. The maximum Gasteiger partial charge on any atom is 0.262 e. The van der Waals surface area contributed by atoms with Crippen molar-refractivity contribution in [1.82, 2.24) is 13.9 Å². The Morgan fingerprint density at radius 1 is 1.62 bits per heavy atom. The third-order valence-electron chi connectivity index (χ3n) is 2.73. The molecule has 0 spiro atoms. The van der Waals surface area contributed by atoms with E-state index in [0.717, 1.165) is 12.8 Å². The van der Waals surface area contributed by atoms with Gasteiger partial charge in [0.1, 0.15) is 0 Å². The van der Waals surface area contributed by atoms with E-state index in [4.69, 9.17) is 5.73 Å². The molecule has 0 unspecified atom stereocenters. The predicted octanol–water partition coefficient (Wildman–Crippen LogP) is 0.175. The Morgan fingerprint density at radius 2 is 2.25 bits per heavy atom. The number of anilines is 1. The van der Waals surface area contributed by atoms with Crippen LogP contribution in [0, 0.1) is 0 Å². The third-order valence-corrected chi connectivity index (χ3v) is 4.89. The van der Waals surface area contributed by atoms with E-state index in [-0.39, 0.29) is 16.9 Å². The Balaban J connectivity index is 2.45. The smallest absolute Gasteiger partial charge is 0.262 e. The number of aromatic nitrogens is 2. The lowest BCUT2D eigenvalue weighted by atomic mass is 10.6. The van der Waals surface area contributed by atoms with Gasteiger partial charge in [0.25, 0.3) is 10.0 Å². The van der Waals surface area contributed by atoms with Crippen LogP contribution in [0.5, 0.6) is 0 Å². The summed E-state index contributed by atoms with van der Waals surface area (Å²) in [5.74, 6) is 0.0709. The van der Waals surface area contributed by atoms with Crippen LogP contribution in [0.1, 0.15) is 19.8 Å². The molecule has 0 amide bonds. The zero-order valence-corrected chi connectivity index (χ0v) is 10.2. The molecular weight excluding hydrogens is 228 g/mol. The molecule has 0 aliphatic heterocycles. The van der Waals surface area contributed by atoms with Gasteiger partial charge in [-0.1, -0.05) is 6.92 Å². The molecule has 6 nitrogen and oxygen atoms in total. The minimum absolute atomic E-state index is 0.0709. The number of hydrogen-bond acceptors (Lipinski definition) is 4. The predicted molar refractivity (Wildman–Crippen MR) is 60.2 cm³/mol. The molecule has 1 saturated carbocycles. The summed E-state index contributed by atoms with van der Waals surface area (Å²) in [7, 11) is -1.86. The normalized spacial score (nSPS) is 16.9. The molecule has 1 aliphatic carbocycles. The second-order valence-corrected chi connectivity index (χ2v) is 5.79. The second kappa shape index (κ2) is 3.74. The number of rotatable bonds is 4. The van der Waals surface area contributed by atoms with Crippen LogP contribution in [-0.2, 0) is 17.1 Å². The first-order valence-corrected chi connectivity index (χ1v) is 6.71. The summed E-state index contributed by atoms with van der Waals surface area (Å²) in [5, 5.41) is 0.0984. The van der Waals surface area contributed by atoms with Crippen LogP contribution >= 0.6 is 0 Å². The van der Waals surface area contributed by atoms with Crippen LogP contribution in [-0.4, -0.2) is 34.9 Å². The first kappa shape index (κ1) is 11.4. The van der Waals surface area contributed by atoms with Gasteiger partial charge < -0.3 is 10.3 Å². The molecular formula is C9H16N4O2S. The molecule has 7 heteroatoms. The van der Waals surface area contributed by atoms with E-state index in [2.05, 4.69) is 4.98 Å². The highest BCUT2D eigenvalue weighted by Gasteiger charge is 2.39. The van der Waals surface area contributed by atoms with Gasteiger partial charge in [0, 0.05) is 19.6 Å². The van der Waals surface area contributed by atoms with Crippen molar-refractivity contribution in [3.05, 3.63) is 6.33 Å². The van der Waals surface area contributed by atoms with Gasteiger partial charge in [-0.3, -0.25) is 0 Å². The van der Waals surface area contributed by atoms with Crippen LogP contribution in [0.25, 0.3) is 0 Å². The van der Waals surface area contributed by atoms with E-state index < -0.39 is 10.0 Å². The molecule has 1 heterocycles. The minimum Gasteiger partial charge on any atom is -0.381 e. The van der Waals surface area contributed by atoms with E-state index in [0.29, 0.717) is 6.54 Å². The fraction of sp³-hybridized carbons (Fsp3) is 0.667. The highest BCUT2D eigenvalue weighted by molar-refractivity contribution is 7.89. The number of nitrogens with zero attached hydrogens (tertiary/aromatic N) is 3. The number of imidazole rings is 1. The molecule has 0 aromatic carbocycles. The molecule has 1 fully saturated rings. The van der Waals surface area contributed by atoms with Crippen molar-refractivity contribution in [2.24, 2.45) is 7.05 Å². The Kier molecular flexibility index (Phi) is 2.67. The van der Waals surface area contributed by atoms with Crippen molar-refractivity contribution in [3.8, 4) is 0 Å². The van der Waals surface area contributed by atoms with Gasteiger partial charge in [-0.25, -0.2) is 13.4 Å². The molecule has 2 N–H and O–H groups in total. The van der Waals surface area contributed by atoms with Crippen LogP contribution in [0.3, 0.4) is 0 Å². The first-order valence-electron chi connectivity index (χ1n) is 5.27. The fourth-order valence-electron chi connectivity index (χ4n) is 1.85. The van der Waals surface area contributed by atoms with E-state index in [1.54, 1.807) is 7.05 Å². The summed E-state index contributed by atoms with van der Waals surface area (Å²) >= 11 is 0. The number of nitrogen functional groups attached to an aromatic ring is 1. The molecule has 0 atom stereocenters. The largest absolute Gasteiger partial charge is 0.381 e. The highest BCUT2D eigenvalue weighted by Crippen LogP contribution is 2.32. The molecule has 1 aromatic rings. The van der Waals surface area contributed by atoms with Crippen molar-refractivity contribution in [2.45, 2.75) is 30.8 Å². The minimum atomic E-state index is -3.50. The van der Waals surface area contributed by atoms with Crippen molar-refractivity contribution in [2.75, 3.05) is 12.3 Å². The number of hydrogen-bond donors (Lipinski definition) is 1. The maximum atomic E-state index is 12.3. The van der Waals surface area contributed by atoms with E-state index in [9.17, 15) is 8.42 Å². The second-order valence-electron chi connectivity index (χ2n) is 3.99. The zero-order chi connectivity index (χ0) is 11.9. The Bertz CT molecular complexity index is 470. The molecule has 16 heavy (non-hydrogen) atoms. The lowest BCUT2D eigenvalue weighted by Gasteiger charge is -2.20. The quantitative estimate of drug-likeness (QED) is 0.819. The van der Waals surface area contributed by atoms with Gasteiger partial charge in [0.15, 0.2) is 10.8 Å². The maximum absolute atomic E-state index is 12.3. The lowest BCUT2D eigenvalue weighted by Crippen LogP contribution is -2.34. The standard InChI is InChI=1S/C9H16N4O2S/c1-3-13(7-4-5-7)16(14,15)9-8(10)11-6-12(9)2/h6-7H,3-5,10H2,1-2H3. The van der Waals surface area contributed by atoms with E-state index in [1.807, 2.05) is 6.92 Å². The molecule has 1 aromatic heterocycles. The van der Waals surface area contributed by atoms with Gasteiger partial charge in [-0.05, 0) is 12.8 Å². The van der Waals surface area contributed by atoms with Crippen molar-refractivity contribution in [1.29, 1.82) is 0 Å². The van der Waals surface area contributed by atoms with Gasteiger partial charge in [0.2, 0.25) is 0 Å². The average Bonchev–Trinajstić information content (AvgIpc) is 2.94. The molecule has 0 radical (unpaired) electrons. The molecule has 2 rings (SSSR count). The number of sulfonamides is 1. The van der Waals surface area contributed by atoms with Crippen molar-refractivity contribution >= 4 is 15.8 Å². The Hall–Kier alpha value is -1.08. The summed E-state index contributed by atoms with van der Waals surface area (Å²) < 4.78 is 27.6. The summed E-state index contributed by atoms with van der Waals surface area (Å²) in [5.41, 5.74) is 5.60. The van der Waals surface area contributed by atoms with Gasteiger partial charge in [-0.15, -0.1) is 0 Å². The summed E-state index contributed by atoms with van der Waals surface area (Å²) in [6, 6.07) is 0.143. The number of aryl methyl sites for hydroxylation is 1. The Labute approximate surface area is 95.1 Å². The topological polar surface area (TPSA) is 81.2 Å². The monoisotopic (exact) mass is 244 g/mol. The highest BCUT2D eigenvalue weighted by atomic mass is 32.2. The van der Waals surface area contributed by atoms with Crippen molar-refractivity contribution in [3.63, 3.8) is 0 Å². The summed E-state index contributed by atoms with van der Waals surface area (Å²) in [6.07, 6.45) is 3.29. The molecule has 90 valence electrons. The Morgan fingerprint density at radius 3 is 2.62 bits per heavy atom. The van der Waals surface area contributed by atoms with Crippen LogP contribution in [0.15, 0.2) is 11.4 Å². The van der Waals surface area contributed by atoms with Gasteiger partial charge >= 0.3 is 0 Å². The zero-order valence-electron chi connectivity index (χ0n) is 9.42. The average molecular weight is 244 g/mol. The van der Waals surface area contributed by atoms with Crippen LogP contribution in [0.4, 0.5) is 5.82 Å². The summed E-state index contributed by atoms with van der Waals surface area (Å²) in [6.45, 7) is 2.31. The number of nitrogens with two attached hydrogens (primary N) is 1. The molecule has 0 bridgehead atoms. The molecule has 0 saturated heterocycles. The van der Waals surface area contributed by atoms with Crippen molar-refractivity contribution < 1.29 is 8.42 Å². The third kappa shape index (κ3) is 1.69. The lowest BCUT2D eigenvalue weighted by molar-refractivity contribution is 0.417. The SMILES string of the molecule is CCN(C1CC1)S(=O)(=O)c1c(N)ncn1C. The van der Waals surface area contributed by atoms with Gasteiger partial charge in [0.05, 0.1) is 6.33 Å².